The van der Waals surface area contributed by atoms with E-state index in [9.17, 15) is 9.90 Å². The van der Waals surface area contributed by atoms with Gasteiger partial charge in [-0.05, 0) is 50.4 Å². The Balaban J connectivity index is 1.87. The number of carbonyl (C=O) groups excluding carboxylic acids is 1. The first-order valence-electron chi connectivity index (χ1n) is 7.12. The maximum Gasteiger partial charge on any atom is 0.309 e. The van der Waals surface area contributed by atoms with Crippen molar-refractivity contribution < 1.29 is 14.6 Å². The summed E-state index contributed by atoms with van der Waals surface area (Å²) in [6.07, 6.45) is 7.38. The van der Waals surface area contributed by atoms with Crippen molar-refractivity contribution in [1.29, 1.82) is 0 Å². The van der Waals surface area contributed by atoms with Gasteiger partial charge in [0.1, 0.15) is 0 Å². The van der Waals surface area contributed by atoms with Crippen LogP contribution in [0.15, 0.2) is 0 Å². The fourth-order valence-corrected chi connectivity index (χ4v) is 4.37. The van der Waals surface area contributed by atoms with E-state index in [2.05, 4.69) is 0 Å². The SMILES string of the molecule is O=C1OCCC[C@H]2CC[C@@H]3CCCC(O)[C@H]3[C@H]12. The lowest BCUT2D eigenvalue weighted by Gasteiger charge is -2.46. The molecule has 5 atom stereocenters. The van der Waals surface area contributed by atoms with Crippen LogP contribution in [0.4, 0.5) is 0 Å². The Morgan fingerprint density at radius 2 is 1.76 bits per heavy atom. The molecule has 17 heavy (non-hydrogen) atoms. The summed E-state index contributed by atoms with van der Waals surface area (Å²) in [6, 6.07) is 0. The molecule has 0 aromatic rings. The highest BCUT2D eigenvalue weighted by Gasteiger charge is 2.48. The van der Waals surface area contributed by atoms with E-state index in [-0.39, 0.29) is 23.9 Å². The first kappa shape index (κ1) is 11.5. The second-order valence-corrected chi connectivity index (χ2v) is 6.01. The van der Waals surface area contributed by atoms with E-state index in [0.717, 1.165) is 32.1 Å². The lowest BCUT2D eigenvalue weighted by atomic mass is 9.60. The van der Waals surface area contributed by atoms with Crippen LogP contribution in [-0.2, 0) is 9.53 Å². The number of carbonyl (C=O) groups is 1. The molecule has 1 aliphatic heterocycles. The van der Waals surface area contributed by atoms with Crippen LogP contribution in [0.2, 0.25) is 0 Å². The summed E-state index contributed by atoms with van der Waals surface area (Å²) < 4.78 is 5.32. The monoisotopic (exact) mass is 238 g/mol. The van der Waals surface area contributed by atoms with Gasteiger partial charge in [0.25, 0.3) is 0 Å². The maximum absolute atomic E-state index is 12.1. The molecular weight excluding hydrogens is 216 g/mol. The van der Waals surface area contributed by atoms with Gasteiger partial charge in [-0.15, -0.1) is 0 Å². The first-order valence-corrected chi connectivity index (χ1v) is 7.12. The van der Waals surface area contributed by atoms with Crippen molar-refractivity contribution in [2.45, 2.75) is 51.0 Å². The first-order chi connectivity index (χ1) is 8.27. The highest BCUT2D eigenvalue weighted by atomic mass is 16.5. The molecule has 1 unspecified atom stereocenters. The van der Waals surface area contributed by atoms with Crippen molar-refractivity contribution in [3.63, 3.8) is 0 Å². The van der Waals surface area contributed by atoms with Gasteiger partial charge in [0.2, 0.25) is 0 Å². The molecule has 3 aliphatic rings. The molecule has 0 radical (unpaired) electrons. The average molecular weight is 238 g/mol. The molecule has 1 saturated heterocycles. The zero-order valence-corrected chi connectivity index (χ0v) is 10.3. The molecule has 3 rings (SSSR count). The molecule has 1 N–H and O–H groups in total. The lowest BCUT2D eigenvalue weighted by Crippen LogP contribution is -2.47. The predicted octanol–water partition coefficient (Wildman–Crippen LogP) is 2.13. The summed E-state index contributed by atoms with van der Waals surface area (Å²) in [5, 5.41) is 10.2. The van der Waals surface area contributed by atoms with Crippen LogP contribution in [0.3, 0.4) is 0 Å². The number of cyclic esters (lactones) is 1. The molecule has 3 fully saturated rings. The Kier molecular flexibility index (Phi) is 3.12. The molecule has 0 bridgehead atoms. The number of hydrogen-bond donors (Lipinski definition) is 1. The molecule has 2 saturated carbocycles. The number of hydrogen-bond acceptors (Lipinski definition) is 3. The van der Waals surface area contributed by atoms with E-state index in [0.29, 0.717) is 18.4 Å². The number of esters is 1. The Morgan fingerprint density at radius 1 is 1.00 bits per heavy atom. The van der Waals surface area contributed by atoms with E-state index in [1.54, 1.807) is 0 Å². The minimum absolute atomic E-state index is 0.00782. The highest BCUT2D eigenvalue weighted by Crippen LogP contribution is 2.48. The summed E-state index contributed by atoms with van der Waals surface area (Å²) in [5.41, 5.74) is 0. The third-order valence-electron chi connectivity index (χ3n) is 5.13. The molecule has 1 heterocycles. The van der Waals surface area contributed by atoms with Crippen molar-refractivity contribution in [3.8, 4) is 0 Å². The molecular formula is C14H22O3. The molecule has 3 heteroatoms. The Morgan fingerprint density at radius 3 is 2.65 bits per heavy atom. The molecule has 0 spiro atoms. The molecule has 96 valence electrons. The number of ether oxygens (including phenoxy) is 1. The number of rotatable bonds is 0. The normalized spacial score (nSPS) is 46.4. The van der Waals surface area contributed by atoms with Crippen molar-refractivity contribution in [3.05, 3.63) is 0 Å². The van der Waals surface area contributed by atoms with Crippen molar-refractivity contribution in [1.82, 2.24) is 0 Å². The molecule has 0 aromatic carbocycles. The second kappa shape index (κ2) is 4.60. The van der Waals surface area contributed by atoms with Gasteiger partial charge in [0.15, 0.2) is 0 Å². The minimum atomic E-state index is -0.271. The van der Waals surface area contributed by atoms with E-state index in [1.165, 1.54) is 12.8 Å². The molecule has 0 aromatic heterocycles. The standard InChI is InChI=1S/C14H22O3/c15-11-5-1-3-9-6-7-10-4-2-8-17-14(16)13(10)12(9)11/h9-13,15H,1-8H2/t9-,10-,11?,12-,13+/m0/s1. The van der Waals surface area contributed by atoms with Gasteiger partial charge < -0.3 is 9.84 Å². The summed E-state index contributed by atoms with van der Waals surface area (Å²) >= 11 is 0. The van der Waals surface area contributed by atoms with Crippen LogP contribution in [0, 0.1) is 23.7 Å². The summed E-state index contributed by atoms with van der Waals surface area (Å²) in [4.78, 5) is 12.1. The smallest absolute Gasteiger partial charge is 0.309 e. The third kappa shape index (κ3) is 1.99. The third-order valence-corrected chi connectivity index (χ3v) is 5.13. The quantitative estimate of drug-likeness (QED) is 0.658. The van der Waals surface area contributed by atoms with Gasteiger partial charge in [0.05, 0.1) is 18.6 Å². The number of aliphatic hydroxyl groups is 1. The largest absolute Gasteiger partial charge is 0.465 e. The van der Waals surface area contributed by atoms with E-state index < -0.39 is 0 Å². The molecule has 3 nitrogen and oxygen atoms in total. The fraction of sp³-hybridized carbons (Fsp3) is 0.929. The lowest BCUT2D eigenvalue weighted by molar-refractivity contribution is -0.159. The van der Waals surface area contributed by atoms with Gasteiger partial charge in [0, 0.05) is 5.92 Å². The zero-order chi connectivity index (χ0) is 11.8. The van der Waals surface area contributed by atoms with E-state index in [1.807, 2.05) is 0 Å². The van der Waals surface area contributed by atoms with Gasteiger partial charge in [-0.25, -0.2) is 0 Å². The van der Waals surface area contributed by atoms with Crippen LogP contribution in [0.5, 0.6) is 0 Å². The molecule has 0 amide bonds. The van der Waals surface area contributed by atoms with Crippen molar-refractivity contribution in [2.24, 2.45) is 23.7 Å². The topological polar surface area (TPSA) is 46.5 Å². The van der Waals surface area contributed by atoms with Crippen molar-refractivity contribution >= 4 is 5.97 Å². The van der Waals surface area contributed by atoms with Gasteiger partial charge in [-0.1, -0.05) is 6.42 Å². The van der Waals surface area contributed by atoms with Crippen LogP contribution in [0.1, 0.15) is 44.9 Å². The summed E-state index contributed by atoms with van der Waals surface area (Å²) in [6.45, 7) is 0.583. The number of fused-ring (bicyclic) bond motifs is 3. The van der Waals surface area contributed by atoms with E-state index in [4.69, 9.17) is 4.74 Å². The zero-order valence-electron chi connectivity index (χ0n) is 10.3. The second-order valence-electron chi connectivity index (χ2n) is 6.01. The minimum Gasteiger partial charge on any atom is -0.465 e. The Labute approximate surface area is 103 Å². The number of aliphatic hydroxyl groups excluding tert-OH is 1. The fourth-order valence-electron chi connectivity index (χ4n) is 4.37. The summed E-state index contributed by atoms with van der Waals surface area (Å²) in [5.74, 6) is 1.19. The highest BCUT2D eigenvalue weighted by molar-refractivity contribution is 5.73. The van der Waals surface area contributed by atoms with Crippen LogP contribution >= 0.6 is 0 Å². The van der Waals surface area contributed by atoms with Gasteiger partial charge in [-0.3, -0.25) is 4.79 Å². The van der Waals surface area contributed by atoms with E-state index >= 15 is 0 Å². The van der Waals surface area contributed by atoms with Crippen molar-refractivity contribution in [2.75, 3.05) is 6.61 Å². The predicted molar refractivity (Wildman–Crippen MR) is 63.2 cm³/mol. The average Bonchev–Trinajstić information content (AvgIpc) is 2.52. The van der Waals surface area contributed by atoms with Crippen LogP contribution < -0.4 is 0 Å². The van der Waals surface area contributed by atoms with Crippen LogP contribution in [0.25, 0.3) is 0 Å². The summed E-state index contributed by atoms with van der Waals surface area (Å²) in [7, 11) is 0. The Bertz CT molecular complexity index is 302. The maximum atomic E-state index is 12.1. The van der Waals surface area contributed by atoms with Crippen LogP contribution in [-0.4, -0.2) is 23.8 Å². The Hall–Kier alpha value is -0.570. The van der Waals surface area contributed by atoms with Gasteiger partial charge in [-0.2, -0.15) is 0 Å². The molecule has 2 aliphatic carbocycles. The van der Waals surface area contributed by atoms with Gasteiger partial charge >= 0.3 is 5.97 Å².